The number of aromatic nitrogens is 2. The van der Waals surface area contributed by atoms with Gasteiger partial charge in [0.15, 0.2) is 0 Å². The highest BCUT2D eigenvalue weighted by Crippen LogP contribution is 2.13. The van der Waals surface area contributed by atoms with Crippen LogP contribution in [-0.2, 0) is 0 Å². The number of anilines is 1. The molecule has 5 nitrogen and oxygen atoms in total. The van der Waals surface area contributed by atoms with Crippen LogP contribution in [0.2, 0.25) is 0 Å². The first-order valence-corrected chi connectivity index (χ1v) is 3.81. The summed E-state index contributed by atoms with van der Waals surface area (Å²) in [4.78, 5) is 19.3. The van der Waals surface area contributed by atoms with Crippen molar-refractivity contribution in [3.63, 3.8) is 0 Å². The van der Waals surface area contributed by atoms with Gasteiger partial charge in [-0.25, -0.2) is 4.98 Å². The molecule has 0 spiro atoms. The number of nitrogens with one attached hydrogen (secondary N) is 1. The van der Waals surface area contributed by atoms with Crippen LogP contribution < -0.4 is 16.2 Å². The first-order valence-electron chi connectivity index (χ1n) is 3.81. The average Bonchev–Trinajstić information content (AvgIpc) is 1.99. The van der Waals surface area contributed by atoms with Crippen LogP contribution in [0, 0.1) is 0 Å². The van der Waals surface area contributed by atoms with E-state index in [4.69, 9.17) is 5.73 Å². The lowest BCUT2D eigenvalue weighted by molar-refractivity contribution is 0.514. The first kappa shape index (κ1) is 7.30. The van der Waals surface area contributed by atoms with Gasteiger partial charge in [-0.3, -0.25) is 4.79 Å². The van der Waals surface area contributed by atoms with Crippen LogP contribution in [0.3, 0.4) is 0 Å². The predicted octanol–water partition coefficient (Wildman–Crippen LogP) is -1.08. The molecule has 0 unspecified atom stereocenters. The van der Waals surface area contributed by atoms with E-state index < -0.39 is 0 Å². The van der Waals surface area contributed by atoms with Crippen molar-refractivity contribution in [1.29, 1.82) is 0 Å². The van der Waals surface area contributed by atoms with E-state index in [0.29, 0.717) is 5.82 Å². The summed E-state index contributed by atoms with van der Waals surface area (Å²) in [5, 5.41) is 0. The topological polar surface area (TPSA) is 75.0 Å². The lowest BCUT2D eigenvalue weighted by Gasteiger charge is -2.37. The highest BCUT2D eigenvalue weighted by atomic mass is 16.1. The molecule has 2 rings (SSSR count). The van der Waals surface area contributed by atoms with Crippen molar-refractivity contribution in [3.05, 3.63) is 22.7 Å². The number of nitrogens with zero attached hydrogens (tertiary/aromatic N) is 2. The molecule has 0 atom stereocenters. The molecule has 1 aliphatic heterocycles. The number of hydrogen-bond donors (Lipinski definition) is 2. The second-order valence-corrected chi connectivity index (χ2v) is 2.93. The standard InChI is InChI=1S/C7H10N4O/c8-5-2-11(3-5)6-1-7(12)10-4-9-6/h1,4-5H,2-3,8H2,(H,9,10,12). The third-order valence-electron chi connectivity index (χ3n) is 1.90. The van der Waals surface area contributed by atoms with Crippen LogP contribution >= 0.6 is 0 Å². The third kappa shape index (κ3) is 1.18. The van der Waals surface area contributed by atoms with E-state index in [1.807, 2.05) is 4.90 Å². The molecule has 0 radical (unpaired) electrons. The highest BCUT2D eigenvalue weighted by molar-refractivity contribution is 5.40. The summed E-state index contributed by atoms with van der Waals surface area (Å²) in [6.07, 6.45) is 1.40. The SMILES string of the molecule is NC1CN(c2cc(=O)[nH]cn2)C1. The Balaban J connectivity index is 2.19. The molecule has 3 N–H and O–H groups in total. The molecule has 2 heterocycles. The van der Waals surface area contributed by atoms with E-state index in [1.54, 1.807) is 0 Å². The van der Waals surface area contributed by atoms with E-state index in [1.165, 1.54) is 12.4 Å². The largest absolute Gasteiger partial charge is 0.353 e. The summed E-state index contributed by atoms with van der Waals surface area (Å²) in [5.41, 5.74) is 5.46. The number of H-pyrrole nitrogens is 1. The maximum atomic E-state index is 10.9. The third-order valence-corrected chi connectivity index (χ3v) is 1.90. The fourth-order valence-corrected chi connectivity index (χ4v) is 1.23. The van der Waals surface area contributed by atoms with Gasteiger partial charge in [-0.1, -0.05) is 0 Å². The Morgan fingerprint density at radius 3 is 3.00 bits per heavy atom. The van der Waals surface area contributed by atoms with Crippen LogP contribution in [0.4, 0.5) is 5.82 Å². The Kier molecular flexibility index (Phi) is 1.58. The quantitative estimate of drug-likeness (QED) is 0.556. The minimum atomic E-state index is -0.125. The molecule has 0 amide bonds. The van der Waals surface area contributed by atoms with Gasteiger partial charge in [0.25, 0.3) is 5.56 Å². The van der Waals surface area contributed by atoms with Gasteiger partial charge in [-0.15, -0.1) is 0 Å². The van der Waals surface area contributed by atoms with Gasteiger partial charge >= 0.3 is 0 Å². The van der Waals surface area contributed by atoms with Crippen molar-refractivity contribution in [2.75, 3.05) is 18.0 Å². The smallest absolute Gasteiger partial charge is 0.252 e. The van der Waals surface area contributed by atoms with Crippen LogP contribution in [0.1, 0.15) is 0 Å². The van der Waals surface area contributed by atoms with Crippen LogP contribution in [0.15, 0.2) is 17.2 Å². The highest BCUT2D eigenvalue weighted by Gasteiger charge is 2.23. The molecule has 1 aromatic rings. The lowest BCUT2D eigenvalue weighted by Crippen LogP contribution is -2.56. The van der Waals surface area contributed by atoms with Crippen molar-refractivity contribution >= 4 is 5.82 Å². The molecule has 0 aromatic carbocycles. The number of rotatable bonds is 1. The Morgan fingerprint density at radius 2 is 2.42 bits per heavy atom. The summed E-state index contributed by atoms with van der Waals surface area (Å²) >= 11 is 0. The summed E-state index contributed by atoms with van der Waals surface area (Å²) in [6, 6.07) is 1.71. The zero-order valence-electron chi connectivity index (χ0n) is 6.53. The summed E-state index contributed by atoms with van der Waals surface area (Å²) in [6.45, 7) is 1.58. The van der Waals surface area contributed by atoms with Crippen molar-refractivity contribution in [2.45, 2.75) is 6.04 Å². The molecule has 1 saturated heterocycles. The molecule has 12 heavy (non-hydrogen) atoms. The summed E-state index contributed by atoms with van der Waals surface area (Å²) in [7, 11) is 0. The first-order chi connectivity index (χ1) is 5.75. The zero-order chi connectivity index (χ0) is 8.55. The minimum absolute atomic E-state index is 0.125. The van der Waals surface area contributed by atoms with Crippen molar-refractivity contribution in [2.24, 2.45) is 5.73 Å². The Bertz CT molecular complexity index is 328. The van der Waals surface area contributed by atoms with E-state index in [9.17, 15) is 4.79 Å². The molecular formula is C7H10N4O. The van der Waals surface area contributed by atoms with Gasteiger partial charge in [-0.05, 0) is 0 Å². The van der Waals surface area contributed by atoms with Crippen molar-refractivity contribution in [3.8, 4) is 0 Å². The predicted molar refractivity (Wildman–Crippen MR) is 45.0 cm³/mol. The number of hydrogen-bond acceptors (Lipinski definition) is 4. The van der Waals surface area contributed by atoms with Crippen LogP contribution in [0.25, 0.3) is 0 Å². The number of aromatic amines is 1. The van der Waals surface area contributed by atoms with E-state index in [0.717, 1.165) is 13.1 Å². The monoisotopic (exact) mass is 166 g/mol. The van der Waals surface area contributed by atoms with Crippen LogP contribution in [0.5, 0.6) is 0 Å². The van der Waals surface area contributed by atoms with Crippen LogP contribution in [-0.4, -0.2) is 29.1 Å². The molecule has 1 fully saturated rings. The minimum Gasteiger partial charge on any atom is -0.353 e. The molecular weight excluding hydrogens is 156 g/mol. The Labute approximate surface area is 69.2 Å². The molecule has 5 heteroatoms. The number of nitrogens with two attached hydrogens (primary N) is 1. The normalized spacial score (nSPS) is 17.6. The molecule has 0 bridgehead atoms. The second kappa shape index (κ2) is 2.60. The molecule has 0 aliphatic carbocycles. The summed E-state index contributed by atoms with van der Waals surface area (Å²) < 4.78 is 0. The van der Waals surface area contributed by atoms with Crippen molar-refractivity contribution in [1.82, 2.24) is 9.97 Å². The van der Waals surface area contributed by atoms with Gasteiger partial charge < -0.3 is 15.6 Å². The van der Waals surface area contributed by atoms with Gasteiger partial charge in [0.05, 0.1) is 6.33 Å². The Morgan fingerprint density at radius 1 is 1.67 bits per heavy atom. The molecule has 0 saturated carbocycles. The van der Waals surface area contributed by atoms with E-state index >= 15 is 0 Å². The van der Waals surface area contributed by atoms with Gasteiger partial charge in [0, 0.05) is 25.2 Å². The lowest BCUT2D eigenvalue weighted by atomic mass is 10.1. The fourth-order valence-electron chi connectivity index (χ4n) is 1.23. The van der Waals surface area contributed by atoms with Crippen molar-refractivity contribution < 1.29 is 0 Å². The average molecular weight is 166 g/mol. The zero-order valence-corrected chi connectivity index (χ0v) is 6.53. The van der Waals surface area contributed by atoms with Gasteiger partial charge in [0.1, 0.15) is 5.82 Å². The maximum absolute atomic E-state index is 10.9. The maximum Gasteiger partial charge on any atom is 0.252 e. The molecule has 1 aliphatic rings. The second-order valence-electron chi connectivity index (χ2n) is 2.93. The van der Waals surface area contributed by atoms with Gasteiger partial charge in [-0.2, -0.15) is 0 Å². The Hall–Kier alpha value is -1.36. The molecule has 64 valence electrons. The summed E-state index contributed by atoms with van der Waals surface area (Å²) in [5.74, 6) is 0.709. The van der Waals surface area contributed by atoms with E-state index in [-0.39, 0.29) is 11.6 Å². The van der Waals surface area contributed by atoms with Gasteiger partial charge in [0.2, 0.25) is 0 Å². The molecule has 1 aromatic heterocycles. The fraction of sp³-hybridized carbons (Fsp3) is 0.429. The van der Waals surface area contributed by atoms with E-state index in [2.05, 4.69) is 9.97 Å².